The Morgan fingerprint density at radius 2 is 2.30 bits per heavy atom. The largest absolute Gasteiger partial charge is 0.267 e. The molecule has 0 radical (unpaired) electrons. The SMILES string of the molecule is CCC1=CCc2ncc3c(-c4ccsc4)nn(C)c3c21. The first-order valence-electron chi connectivity index (χ1n) is 6.86. The van der Waals surface area contributed by atoms with Crippen LogP contribution in [-0.4, -0.2) is 14.8 Å². The van der Waals surface area contributed by atoms with Crippen molar-refractivity contribution in [3.63, 3.8) is 0 Å². The van der Waals surface area contributed by atoms with Gasteiger partial charge in [0.1, 0.15) is 5.69 Å². The molecule has 0 atom stereocenters. The van der Waals surface area contributed by atoms with Crippen molar-refractivity contribution in [2.24, 2.45) is 7.05 Å². The summed E-state index contributed by atoms with van der Waals surface area (Å²) in [5.41, 5.74) is 7.35. The zero-order valence-corrected chi connectivity index (χ0v) is 12.4. The first kappa shape index (κ1) is 11.9. The fraction of sp³-hybridized carbons (Fsp3) is 0.250. The van der Waals surface area contributed by atoms with Crippen LogP contribution in [0.4, 0.5) is 0 Å². The predicted octanol–water partition coefficient (Wildman–Crippen LogP) is 4.05. The zero-order valence-electron chi connectivity index (χ0n) is 11.6. The molecule has 0 N–H and O–H groups in total. The summed E-state index contributed by atoms with van der Waals surface area (Å²) < 4.78 is 2.01. The second-order valence-electron chi connectivity index (χ2n) is 5.11. The van der Waals surface area contributed by atoms with Crippen molar-refractivity contribution in [2.75, 3.05) is 0 Å². The summed E-state index contributed by atoms with van der Waals surface area (Å²) >= 11 is 1.70. The number of aryl methyl sites for hydroxylation is 1. The average Bonchev–Trinajstić information content (AvgIpc) is 3.15. The molecule has 0 saturated heterocycles. The Morgan fingerprint density at radius 3 is 3.05 bits per heavy atom. The number of nitrogens with zero attached hydrogens (tertiary/aromatic N) is 3. The number of fused-ring (bicyclic) bond motifs is 3. The molecule has 4 heteroatoms. The summed E-state index contributed by atoms with van der Waals surface area (Å²) in [5, 5.41) is 10.1. The lowest BCUT2D eigenvalue weighted by Crippen LogP contribution is -1.96. The third-order valence-electron chi connectivity index (χ3n) is 4.00. The van der Waals surface area contributed by atoms with E-state index in [1.54, 1.807) is 11.3 Å². The Labute approximate surface area is 121 Å². The smallest absolute Gasteiger partial charge is 0.103 e. The monoisotopic (exact) mass is 281 g/mol. The maximum Gasteiger partial charge on any atom is 0.103 e. The van der Waals surface area contributed by atoms with Crippen molar-refractivity contribution < 1.29 is 0 Å². The third kappa shape index (κ3) is 1.51. The fourth-order valence-corrected chi connectivity index (χ4v) is 3.69. The average molecular weight is 281 g/mol. The van der Waals surface area contributed by atoms with Crippen LogP contribution >= 0.6 is 11.3 Å². The van der Waals surface area contributed by atoms with Gasteiger partial charge in [0.2, 0.25) is 0 Å². The number of allylic oxidation sites excluding steroid dienone is 2. The van der Waals surface area contributed by atoms with Crippen molar-refractivity contribution in [3.8, 4) is 11.3 Å². The van der Waals surface area contributed by atoms with E-state index in [0.717, 1.165) is 23.9 Å². The molecule has 100 valence electrons. The van der Waals surface area contributed by atoms with E-state index in [2.05, 4.69) is 34.8 Å². The van der Waals surface area contributed by atoms with Crippen LogP contribution in [0.5, 0.6) is 0 Å². The van der Waals surface area contributed by atoms with Gasteiger partial charge in [0.05, 0.1) is 11.2 Å². The summed E-state index contributed by atoms with van der Waals surface area (Å²) in [6.45, 7) is 2.20. The summed E-state index contributed by atoms with van der Waals surface area (Å²) in [6, 6.07) is 2.12. The first-order valence-corrected chi connectivity index (χ1v) is 7.80. The van der Waals surface area contributed by atoms with Crippen molar-refractivity contribution >= 4 is 27.8 Å². The maximum atomic E-state index is 4.73. The lowest BCUT2D eigenvalue weighted by molar-refractivity contribution is 0.799. The molecule has 3 aromatic heterocycles. The first-order chi connectivity index (χ1) is 9.79. The highest BCUT2D eigenvalue weighted by Crippen LogP contribution is 2.37. The summed E-state index contributed by atoms with van der Waals surface area (Å²) in [4.78, 5) is 4.67. The second kappa shape index (κ2) is 4.28. The van der Waals surface area contributed by atoms with Crippen molar-refractivity contribution in [1.82, 2.24) is 14.8 Å². The molecule has 3 aromatic rings. The summed E-state index contributed by atoms with van der Waals surface area (Å²) in [7, 11) is 2.03. The van der Waals surface area contributed by atoms with E-state index in [1.807, 2.05) is 17.9 Å². The van der Waals surface area contributed by atoms with Gasteiger partial charge in [0.25, 0.3) is 0 Å². The van der Waals surface area contributed by atoms with Gasteiger partial charge in [-0.15, -0.1) is 0 Å². The van der Waals surface area contributed by atoms with Crippen LogP contribution < -0.4 is 0 Å². The van der Waals surface area contributed by atoms with E-state index < -0.39 is 0 Å². The van der Waals surface area contributed by atoms with Crippen LogP contribution in [0.3, 0.4) is 0 Å². The molecule has 0 aromatic carbocycles. The van der Waals surface area contributed by atoms with E-state index in [-0.39, 0.29) is 0 Å². The zero-order chi connectivity index (χ0) is 13.7. The Morgan fingerprint density at radius 1 is 1.40 bits per heavy atom. The molecule has 0 saturated carbocycles. The normalized spacial score (nSPS) is 13.8. The fourth-order valence-electron chi connectivity index (χ4n) is 3.05. The van der Waals surface area contributed by atoms with Crippen LogP contribution in [0.2, 0.25) is 0 Å². The molecule has 0 fully saturated rings. The van der Waals surface area contributed by atoms with Crippen LogP contribution in [0.25, 0.3) is 27.7 Å². The molecule has 0 aliphatic heterocycles. The van der Waals surface area contributed by atoms with Crippen LogP contribution in [0, 0.1) is 0 Å². The van der Waals surface area contributed by atoms with Gasteiger partial charge in [0.15, 0.2) is 0 Å². The lowest BCUT2D eigenvalue weighted by Gasteiger charge is -2.06. The second-order valence-corrected chi connectivity index (χ2v) is 5.89. The van der Waals surface area contributed by atoms with Gasteiger partial charge in [-0.2, -0.15) is 16.4 Å². The number of hydrogen-bond donors (Lipinski definition) is 0. The van der Waals surface area contributed by atoms with Gasteiger partial charge < -0.3 is 0 Å². The molecule has 0 bridgehead atoms. The van der Waals surface area contributed by atoms with Gasteiger partial charge in [-0.1, -0.05) is 13.0 Å². The molecule has 0 spiro atoms. The molecule has 4 rings (SSSR count). The van der Waals surface area contributed by atoms with E-state index in [9.17, 15) is 0 Å². The minimum Gasteiger partial charge on any atom is -0.267 e. The Bertz CT molecular complexity index is 825. The van der Waals surface area contributed by atoms with Gasteiger partial charge in [0, 0.05) is 41.6 Å². The quantitative estimate of drug-likeness (QED) is 0.709. The van der Waals surface area contributed by atoms with Gasteiger partial charge in [-0.3, -0.25) is 9.67 Å². The molecular formula is C16H15N3S. The Balaban J connectivity index is 2.07. The molecule has 20 heavy (non-hydrogen) atoms. The van der Waals surface area contributed by atoms with E-state index in [1.165, 1.54) is 27.9 Å². The van der Waals surface area contributed by atoms with Gasteiger partial charge in [-0.05, 0) is 23.4 Å². The predicted molar refractivity (Wildman–Crippen MR) is 83.8 cm³/mol. The molecule has 1 aliphatic carbocycles. The number of thiophene rings is 1. The highest BCUT2D eigenvalue weighted by molar-refractivity contribution is 7.08. The summed E-state index contributed by atoms with van der Waals surface area (Å²) in [5.74, 6) is 0. The van der Waals surface area contributed by atoms with Crippen molar-refractivity contribution in [1.29, 1.82) is 0 Å². The number of rotatable bonds is 2. The minimum atomic E-state index is 0.952. The number of aromatic nitrogens is 3. The molecule has 3 heterocycles. The Hall–Kier alpha value is -1.94. The topological polar surface area (TPSA) is 30.7 Å². The molecule has 0 amide bonds. The van der Waals surface area contributed by atoms with E-state index >= 15 is 0 Å². The highest BCUT2D eigenvalue weighted by atomic mass is 32.1. The third-order valence-corrected chi connectivity index (χ3v) is 4.68. The highest BCUT2D eigenvalue weighted by Gasteiger charge is 2.22. The van der Waals surface area contributed by atoms with Crippen molar-refractivity contribution in [2.45, 2.75) is 19.8 Å². The molecule has 1 aliphatic rings. The number of hydrogen-bond acceptors (Lipinski definition) is 3. The molecule has 0 unspecified atom stereocenters. The van der Waals surface area contributed by atoms with Crippen LogP contribution in [-0.2, 0) is 13.5 Å². The Kier molecular flexibility index (Phi) is 2.54. The van der Waals surface area contributed by atoms with E-state index in [0.29, 0.717) is 0 Å². The molecule has 3 nitrogen and oxygen atoms in total. The standard InChI is InChI=1S/C16H15N3S/c1-3-10-4-5-13-14(10)16-12(8-17-13)15(18-19(16)2)11-6-7-20-9-11/h4,6-9H,3,5H2,1-2H3. The minimum absolute atomic E-state index is 0.952. The number of pyridine rings is 1. The van der Waals surface area contributed by atoms with Gasteiger partial charge in [-0.25, -0.2) is 0 Å². The van der Waals surface area contributed by atoms with Gasteiger partial charge >= 0.3 is 0 Å². The molecular weight excluding hydrogens is 266 g/mol. The van der Waals surface area contributed by atoms with Crippen LogP contribution in [0.1, 0.15) is 24.6 Å². The van der Waals surface area contributed by atoms with E-state index in [4.69, 9.17) is 5.10 Å². The van der Waals surface area contributed by atoms with Crippen molar-refractivity contribution in [3.05, 3.63) is 40.4 Å². The van der Waals surface area contributed by atoms with Crippen LogP contribution in [0.15, 0.2) is 29.1 Å². The lowest BCUT2D eigenvalue weighted by atomic mass is 10.0. The maximum absolute atomic E-state index is 4.73. The summed E-state index contributed by atoms with van der Waals surface area (Å²) in [6.07, 6.45) is 6.29.